The summed E-state index contributed by atoms with van der Waals surface area (Å²) in [7, 11) is -4.25. The van der Waals surface area contributed by atoms with E-state index in [4.69, 9.17) is 8.97 Å². The maximum atomic E-state index is 10.9. The van der Waals surface area contributed by atoms with Crippen molar-refractivity contribution < 1.29 is 17.4 Å². The van der Waals surface area contributed by atoms with Crippen molar-refractivity contribution in [3.63, 3.8) is 0 Å². The Labute approximate surface area is 80.1 Å². The molecular formula is C8H7NO4S. The Bertz CT molecular complexity index is 584. The van der Waals surface area contributed by atoms with E-state index < -0.39 is 10.1 Å². The van der Waals surface area contributed by atoms with E-state index in [1.54, 1.807) is 13.0 Å². The van der Waals surface area contributed by atoms with Gasteiger partial charge in [-0.05, 0) is 12.1 Å². The van der Waals surface area contributed by atoms with E-state index in [0.29, 0.717) is 11.4 Å². The lowest BCUT2D eigenvalue weighted by molar-refractivity contribution is 0.480. The summed E-state index contributed by atoms with van der Waals surface area (Å²) in [5.41, 5.74) is 0.505. The number of para-hydroxylation sites is 1. The van der Waals surface area contributed by atoms with Crippen molar-refractivity contribution in [2.45, 2.75) is 11.8 Å². The predicted octanol–water partition coefficient (Wildman–Crippen LogP) is 1.38. The molecule has 0 amide bonds. The van der Waals surface area contributed by atoms with Crippen LogP contribution in [-0.4, -0.2) is 18.0 Å². The van der Waals surface area contributed by atoms with Crippen LogP contribution in [-0.2, 0) is 10.1 Å². The van der Waals surface area contributed by atoms with Gasteiger partial charge in [-0.3, -0.25) is 4.55 Å². The van der Waals surface area contributed by atoms with Crippen molar-refractivity contribution in [3.8, 4) is 0 Å². The van der Waals surface area contributed by atoms with Gasteiger partial charge in [-0.15, -0.1) is 0 Å². The van der Waals surface area contributed by atoms with Crippen LogP contribution < -0.4 is 0 Å². The molecule has 0 fully saturated rings. The fourth-order valence-corrected chi connectivity index (χ4v) is 1.87. The van der Waals surface area contributed by atoms with Crippen LogP contribution in [0.1, 0.15) is 5.89 Å². The van der Waals surface area contributed by atoms with Crippen LogP contribution in [0, 0.1) is 6.92 Å². The highest BCUT2D eigenvalue weighted by Crippen LogP contribution is 2.23. The second kappa shape index (κ2) is 2.79. The highest BCUT2D eigenvalue weighted by molar-refractivity contribution is 7.86. The molecule has 0 unspecified atom stereocenters. The van der Waals surface area contributed by atoms with E-state index in [-0.39, 0.29) is 10.5 Å². The fourth-order valence-electron chi connectivity index (χ4n) is 1.24. The number of hydrogen-bond acceptors (Lipinski definition) is 4. The van der Waals surface area contributed by atoms with Gasteiger partial charge >= 0.3 is 0 Å². The normalized spacial score (nSPS) is 12.1. The molecule has 0 radical (unpaired) electrons. The zero-order valence-corrected chi connectivity index (χ0v) is 8.08. The number of fused-ring (bicyclic) bond motifs is 1. The molecule has 1 aromatic heterocycles. The van der Waals surface area contributed by atoms with E-state index in [9.17, 15) is 8.42 Å². The topological polar surface area (TPSA) is 80.4 Å². The Hall–Kier alpha value is -1.40. The molecule has 1 heterocycles. The van der Waals surface area contributed by atoms with Gasteiger partial charge in [-0.1, -0.05) is 6.07 Å². The first kappa shape index (κ1) is 9.17. The molecule has 14 heavy (non-hydrogen) atoms. The lowest BCUT2D eigenvalue weighted by Crippen LogP contribution is -1.97. The Morgan fingerprint density at radius 1 is 1.43 bits per heavy atom. The average Bonchev–Trinajstić information content (AvgIpc) is 2.41. The first-order valence-corrected chi connectivity index (χ1v) is 5.26. The molecule has 5 nitrogen and oxygen atoms in total. The number of oxazole rings is 1. The summed E-state index contributed by atoms with van der Waals surface area (Å²) < 4.78 is 35.8. The third-order valence-electron chi connectivity index (χ3n) is 1.76. The van der Waals surface area contributed by atoms with Crippen molar-refractivity contribution in [2.75, 3.05) is 0 Å². The van der Waals surface area contributed by atoms with Crippen molar-refractivity contribution in [2.24, 2.45) is 0 Å². The van der Waals surface area contributed by atoms with Crippen LogP contribution in [0.5, 0.6) is 0 Å². The number of aryl methyl sites for hydroxylation is 1. The van der Waals surface area contributed by atoms with Gasteiger partial charge < -0.3 is 4.42 Å². The van der Waals surface area contributed by atoms with Crippen LogP contribution in [0.15, 0.2) is 27.5 Å². The van der Waals surface area contributed by atoms with Gasteiger partial charge in [0.2, 0.25) is 0 Å². The van der Waals surface area contributed by atoms with Crippen LogP contribution in [0.4, 0.5) is 0 Å². The smallest absolute Gasteiger partial charge is 0.298 e. The number of nitrogens with zero attached hydrogens (tertiary/aromatic N) is 1. The van der Waals surface area contributed by atoms with Gasteiger partial charge in [0.1, 0.15) is 10.4 Å². The number of hydrogen-bond donors (Lipinski definition) is 1. The number of rotatable bonds is 1. The molecule has 0 atom stereocenters. The number of aromatic nitrogens is 1. The summed E-state index contributed by atoms with van der Waals surface area (Å²) >= 11 is 0. The molecule has 2 rings (SSSR count). The Morgan fingerprint density at radius 2 is 2.14 bits per heavy atom. The molecule has 0 bridgehead atoms. The Balaban J connectivity index is 2.90. The Kier molecular flexibility index (Phi) is 1.83. The highest BCUT2D eigenvalue weighted by atomic mass is 32.2. The minimum Gasteiger partial charge on any atom is -0.440 e. The van der Waals surface area contributed by atoms with Crippen molar-refractivity contribution in [1.29, 1.82) is 0 Å². The summed E-state index contributed by atoms with van der Waals surface area (Å²) in [5.74, 6) is 0.358. The summed E-state index contributed by atoms with van der Waals surface area (Å²) in [5, 5.41) is 0. The van der Waals surface area contributed by atoms with E-state index in [2.05, 4.69) is 4.98 Å². The molecule has 0 aliphatic carbocycles. The third-order valence-corrected chi connectivity index (χ3v) is 2.64. The first-order chi connectivity index (χ1) is 6.48. The highest BCUT2D eigenvalue weighted by Gasteiger charge is 2.17. The maximum absolute atomic E-state index is 10.9. The van der Waals surface area contributed by atoms with Gasteiger partial charge in [-0.25, -0.2) is 4.98 Å². The second-order valence-corrected chi connectivity index (χ2v) is 4.20. The van der Waals surface area contributed by atoms with E-state index in [1.807, 2.05) is 0 Å². The summed E-state index contributed by atoms with van der Waals surface area (Å²) in [4.78, 5) is 3.69. The minimum atomic E-state index is -4.25. The SMILES string of the molecule is Cc1nc2cccc(S(=O)(=O)O)c2o1. The standard InChI is InChI=1S/C8H7NO4S/c1-5-9-6-3-2-4-7(8(6)13-5)14(10,11)12/h2-4H,1H3,(H,10,11,12). The Morgan fingerprint density at radius 3 is 2.79 bits per heavy atom. The molecule has 2 aromatic rings. The van der Waals surface area contributed by atoms with E-state index >= 15 is 0 Å². The summed E-state index contributed by atoms with van der Waals surface area (Å²) in [6, 6.07) is 4.37. The summed E-state index contributed by atoms with van der Waals surface area (Å²) in [6.07, 6.45) is 0. The second-order valence-electron chi connectivity index (χ2n) is 2.81. The summed E-state index contributed by atoms with van der Waals surface area (Å²) in [6.45, 7) is 1.60. The van der Waals surface area contributed by atoms with E-state index in [0.717, 1.165) is 0 Å². The predicted molar refractivity (Wildman–Crippen MR) is 48.6 cm³/mol. The van der Waals surface area contributed by atoms with Crippen LogP contribution >= 0.6 is 0 Å². The minimum absolute atomic E-state index is 0.0903. The van der Waals surface area contributed by atoms with Gasteiger partial charge in [0.05, 0.1) is 0 Å². The fraction of sp³-hybridized carbons (Fsp3) is 0.125. The monoisotopic (exact) mass is 213 g/mol. The molecule has 0 aliphatic heterocycles. The molecule has 0 aliphatic rings. The zero-order valence-electron chi connectivity index (χ0n) is 7.26. The number of benzene rings is 1. The largest absolute Gasteiger partial charge is 0.440 e. The molecule has 0 saturated heterocycles. The van der Waals surface area contributed by atoms with Crippen LogP contribution in [0.2, 0.25) is 0 Å². The molecule has 0 saturated carbocycles. The molecule has 6 heteroatoms. The van der Waals surface area contributed by atoms with Crippen molar-refractivity contribution in [3.05, 3.63) is 24.1 Å². The van der Waals surface area contributed by atoms with Crippen LogP contribution in [0.3, 0.4) is 0 Å². The van der Waals surface area contributed by atoms with Gasteiger partial charge in [0.15, 0.2) is 11.5 Å². The van der Waals surface area contributed by atoms with Crippen LogP contribution in [0.25, 0.3) is 11.1 Å². The van der Waals surface area contributed by atoms with E-state index in [1.165, 1.54) is 12.1 Å². The van der Waals surface area contributed by atoms with Crippen molar-refractivity contribution in [1.82, 2.24) is 4.98 Å². The van der Waals surface area contributed by atoms with Gasteiger partial charge in [0, 0.05) is 6.92 Å². The van der Waals surface area contributed by atoms with Gasteiger partial charge in [0.25, 0.3) is 10.1 Å². The average molecular weight is 213 g/mol. The molecule has 1 aromatic carbocycles. The zero-order chi connectivity index (χ0) is 10.3. The quantitative estimate of drug-likeness (QED) is 0.724. The van der Waals surface area contributed by atoms with Crippen molar-refractivity contribution >= 4 is 21.2 Å². The molecule has 0 spiro atoms. The molecule has 74 valence electrons. The lowest BCUT2D eigenvalue weighted by Gasteiger charge is -1.95. The van der Waals surface area contributed by atoms with Gasteiger partial charge in [-0.2, -0.15) is 8.42 Å². The first-order valence-electron chi connectivity index (χ1n) is 3.82. The maximum Gasteiger partial charge on any atom is 0.298 e. The molecular weight excluding hydrogens is 206 g/mol. The third kappa shape index (κ3) is 1.38. The lowest BCUT2D eigenvalue weighted by atomic mass is 10.3. The molecule has 1 N–H and O–H groups in total.